The van der Waals surface area contributed by atoms with Crippen LogP contribution in [-0.2, 0) is 4.79 Å². The highest BCUT2D eigenvalue weighted by molar-refractivity contribution is 8.19. The monoisotopic (exact) mass is 340 g/mol. The summed E-state index contributed by atoms with van der Waals surface area (Å²) in [6, 6.07) is 14.5. The first-order valence-corrected chi connectivity index (χ1v) is 8.04. The molecule has 1 aliphatic heterocycles. The van der Waals surface area contributed by atoms with Gasteiger partial charge < -0.3 is 9.47 Å². The summed E-state index contributed by atoms with van der Waals surface area (Å²) in [6.07, 6.45) is 1.78. The second kappa shape index (κ2) is 6.80. The van der Waals surface area contributed by atoms with Crippen molar-refractivity contribution >= 4 is 34.6 Å². The fraction of sp³-hybridized carbons (Fsp3) is 0.111. The lowest BCUT2D eigenvalue weighted by atomic mass is 10.2. The molecule has 0 spiro atoms. The SMILES string of the molecule is COc1ccc(/C=C2\SC(=N)N(c3ccc(OC)cc3)C2=O)cc1. The van der Waals surface area contributed by atoms with E-state index in [1.807, 2.05) is 24.3 Å². The van der Waals surface area contributed by atoms with Gasteiger partial charge in [0.25, 0.3) is 5.91 Å². The molecular formula is C18H16N2O3S. The zero-order chi connectivity index (χ0) is 17.1. The molecule has 1 heterocycles. The van der Waals surface area contributed by atoms with E-state index in [0.29, 0.717) is 16.3 Å². The summed E-state index contributed by atoms with van der Waals surface area (Å²) in [4.78, 5) is 14.5. The van der Waals surface area contributed by atoms with Gasteiger partial charge in [-0.15, -0.1) is 0 Å². The van der Waals surface area contributed by atoms with Crippen LogP contribution in [0.4, 0.5) is 5.69 Å². The maximum absolute atomic E-state index is 12.6. The van der Waals surface area contributed by atoms with Gasteiger partial charge in [0.15, 0.2) is 5.17 Å². The van der Waals surface area contributed by atoms with Gasteiger partial charge in [-0.25, -0.2) is 0 Å². The lowest BCUT2D eigenvalue weighted by Gasteiger charge is -2.14. The highest BCUT2D eigenvalue weighted by atomic mass is 32.2. The maximum Gasteiger partial charge on any atom is 0.271 e. The van der Waals surface area contributed by atoms with Gasteiger partial charge in [0, 0.05) is 0 Å². The summed E-state index contributed by atoms with van der Waals surface area (Å²) < 4.78 is 10.2. The maximum atomic E-state index is 12.6. The second-order valence-corrected chi connectivity index (χ2v) is 6.06. The van der Waals surface area contributed by atoms with Gasteiger partial charge in [0.1, 0.15) is 11.5 Å². The minimum atomic E-state index is -0.203. The molecule has 0 radical (unpaired) electrons. The molecule has 1 aliphatic rings. The molecule has 0 aliphatic carbocycles. The van der Waals surface area contributed by atoms with Gasteiger partial charge >= 0.3 is 0 Å². The number of ether oxygens (including phenoxy) is 2. The van der Waals surface area contributed by atoms with Crippen molar-refractivity contribution in [1.29, 1.82) is 5.41 Å². The quantitative estimate of drug-likeness (QED) is 0.861. The van der Waals surface area contributed by atoms with Gasteiger partial charge in [-0.1, -0.05) is 12.1 Å². The number of nitrogens with zero attached hydrogens (tertiary/aromatic N) is 1. The molecule has 0 atom stereocenters. The summed E-state index contributed by atoms with van der Waals surface area (Å²) in [5.74, 6) is 1.26. The molecule has 2 aromatic rings. The highest BCUT2D eigenvalue weighted by Gasteiger charge is 2.33. The van der Waals surface area contributed by atoms with E-state index in [1.165, 1.54) is 4.90 Å². The largest absolute Gasteiger partial charge is 0.497 e. The molecular weight excluding hydrogens is 324 g/mol. The Bertz CT molecular complexity index is 798. The molecule has 122 valence electrons. The van der Waals surface area contributed by atoms with Crippen LogP contribution in [0.2, 0.25) is 0 Å². The van der Waals surface area contributed by atoms with Crippen LogP contribution < -0.4 is 14.4 Å². The topological polar surface area (TPSA) is 62.6 Å². The van der Waals surface area contributed by atoms with E-state index in [2.05, 4.69) is 0 Å². The Morgan fingerprint density at radius 2 is 1.50 bits per heavy atom. The number of amides is 1. The lowest BCUT2D eigenvalue weighted by molar-refractivity contribution is -0.113. The van der Waals surface area contributed by atoms with E-state index in [4.69, 9.17) is 14.9 Å². The summed E-state index contributed by atoms with van der Waals surface area (Å²) in [7, 11) is 3.20. The van der Waals surface area contributed by atoms with Crippen molar-refractivity contribution in [2.45, 2.75) is 0 Å². The Kier molecular flexibility index (Phi) is 4.57. The van der Waals surface area contributed by atoms with Gasteiger partial charge in [0.05, 0.1) is 24.8 Å². The standard InChI is InChI=1S/C18H16N2O3S/c1-22-14-7-3-12(4-8-14)11-16-17(21)20(18(19)24-16)13-5-9-15(23-2)10-6-13/h3-11,19H,1-2H3/b16-11-,19-18?. The van der Waals surface area contributed by atoms with Crippen LogP contribution in [0, 0.1) is 5.41 Å². The van der Waals surface area contributed by atoms with Crippen LogP contribution >= 0.6 is 11.8 Å². The van der Waals surface area contributed by atoms with Gasteiger partial charge in [-0.3, -0.25) is 15.1 Å². The van der Waals surface area contributed by atoms with Crippen LogP contribution in [0.25, 0.3) is 6.08 Å². The molecule has 0 aromatic heterocycles. The van der Waals surface area contributed by atoms with Crippen LogP contribution in [0.1, 0.15) is 5.56 Å². The van der Waals surface area contributed by atoms with Gasteiger partial charge in [-0.05, 0) is 59.8 Å². The molecule has 0 unspecified atom stereocenters. The average molecular weight is 340 g/mol. The number of carbonyl (C=O) groups excluding carboxylic acids is 1. The van der Waals surface area contributed by atoms with Gasteiger partial charge in [0.2, 0.25) is 0 Å². The fourth-order valence-corrected chi connectivity index (χ4v) is 3.17. The molecule has 5 nitrogen and oxygen atoms in total. The predicted molar refractivity (Wildman–Crippen MR) is 96.8 cm³/mol. The number of anilines is 1. The Balaban J connectivity index is 1.85. The molecule has 3 rings (SSSR count). The predicted octanol–water partition coefficient (Wildman–Crippen LogP) is 3.76. The number of methoxy groups -OCH3 is 2. The third-order valence-electron chi connectivity index (χ3n) is 3.57. The van der Waals surface area contributed by atoms with Crippen molar-refractivity contribution in [3.63, 3.8) is 0 Å². The third-order valence-corrected chi connectivity index (χ3v) is 4.46. The molecule has 6 heteroatoms. The number of hydrogen-bond acceptors (Lipinski definition) is 5. The molecule has 1 amide bonds. The van der Waals surface area contributed by atoms with Crippen LogP contribution in [-0.4, -0.2) is 25.3 Å². The van der Waals surface area contributed by atoms with Gasteiger partial charge in [-0.2, -0.15) is 0 Å². The molecule has 1 N–H and O–H groups in total. The molecule has 1 saturated heterocycles. The summed E-state index contributed by atoms with van der Waals surface area (Å²) in [5.41, 5.74) is 1.53. The average Bonchev–Trinajstić information content (AvgIpc) is 2.89. The van der Waals surface area contributed by atoms with E-state index in [1.54, 1.807) is 44.6 Å². The fourth-order valence-electron chi connectivity index (χ4n) is 2.30. The third kappa shape index (κ3) is 3.14. The summed E-state index contributed by atoms with van der Waals surface area (Å²) in [5, 5.41) is 8.29. The first-order chi connectivity index (χ1) is 11.6. The van der Waals surface area contributed by atoms with E-state index in [-0.39, 0.29) is 11.1 Å². The number of thioether (sulfide) groups is 1. The number of hydrogen-bond donors (Lipinski definition) is 1. The minimum absolute atomic E-state index is 0.185. The number of rotatable bonds is 4. The van der Waals surface area contributed by atoms with Crippen molar-refractivity contribution in [3.8, 4) is 11.5 Å². The smallest absolute Gasteiger partial charge is 0.271 e. The van der Waals surface area contributed by atoms with E-state index in [0.717, 1.165) is 23.1 Å². The van der Waals surface area contributed by atoms with Crippen molar-refractivity contribution < 1.29 is 14.3 Å². The first-order valence-electron chi connectivity index (χ1n) is 7.23. The number of carbonyl (C=O) groups is 1. The van der Waals surface area contributed by atoms with Crippen LogP contribution in [0.3, 0.4) is 0 Å². The molecule has 2 aromatic carbocycles. The molecule has 0 bridgehead atoms. The molecule has 0 saturated carbocycles. The number of benzene rings is 2. The van der Waals surface area contributed by atoms with Crippen molar-refractivity contribution in [2.75, 3.05) is 19.1 Å². The second-order valence-electron chi connectivity index (χ2n) is 5.03. The lowest BCUT2D eigenvalue weighted by Crippen LogP contribution is -2.27. The highest BCUT2D eigenvalue weighted by Crippen LogP contribution is 2.35. The Labute approximate surface area is 144 Å². The van der Waals surface area contributed by atoms with Crippen molar-refractivity contribution in [2.24, 2.45) is 0 Å². The van der Waals surface area contributed by atoms with E-state index in [9.17, 15) is 4.79 Å². The minimum Gasteiger partial charge on any atom is -0.497 e. The first kappa shape index (κ1) is 16.1. The zero-order valence-electron chi connectivity index (χ0n) is 13.3. The Morgan fingerprint density at radius 3 is 2.04 bits per heavy atom. The van der Waals surface area contributed by atoms with E-state index >= 15 is 0 Å². The van der Waals surface area contributed by atoms with Crippen LogP contribution in [0.15, 0.2) is 53.4 Å². The molecule has 24 heavy (non-hydrogen) atoms. The Morgan fingerprint density at radius 1 is 0.958 bits per heavy atom. The summed E-state index contributed by atoms with van der Waals surface area (Å²) in [6.45, 7) is 0. The zero-order valence-corrected chi connectivity index (χ0v) is 14.1. The van der Waals surface area contributed by atoms with Crippen molar-refractivity contribution in [1.82, 2.24) is 0 Å². The van der Waals surface area contributed by atoms with Crippen molar-refractivity contribution in [3.05, 3.63) is 59.0 Å². The Hall–Kier alpha value is -2.73. The number of nitrogens with one attached hydrogen (secondary N) is 1. The number of amidine groups is 1. The van der Waals surface area contributed by atoms with E-state index < -0.39 is 0 Å². The molecule has 1 fully saturated rings. The van der Waals surface area contributed by atoms with Crippen LogP contribution in [0.5, 0.6) is 11.5 Å². The summed E-state index contributed by atoms with van der Waals surface area (Å²) >= 11 is 1.15. The normalized spacial score (nSPS) is 15.9.